The maximum atomic E-state index is 13.2. The number of carbonyl (C=O) groups is 2. The number of anilines is 1. The van der Waals surface area contributed by atoms with Crippen molar-refractivity contribution in [2.24, 2.45) is 0 Å². The van der Waals surface area contributed by atoms with Gasteiger partial charge in [0, 0.05) is 21.4 Å². The van der Waals surface area contributed by atoms with Gasteiger partial charge in [-0.05, 0) is 68.8 Å². The van der Waals surface area contributed by atoms with E-state index in [4.69, 9.17) is 0 Å². The van der Waals surface area contributed by atoms with Crippen LogP contribution in [0.1, 0.15) is 22.5 Å². The largest absolute Gasteiger partial charge is 0.347 e. The van der Waals surface area contributed by atoms with E-state index in [1.54, 1.807) is 22.9 Å². The summed E-state index contributed by atoms with van der Waals surface area (Å²) >= 11 is 3.42. The van der Waals surface area contributed by atoms with E-state index >= 15 is 0 Å². The number of aromatic nitrogens is 2. The normalized spacial score (nSPS) is 10.7. The van der Waals surface area contributed by atoms with Gasteiger partial charge in [0.15, 0.2) is 0 Å². The fraction of sp³-hybridized carbons (Fsp3) is 0.227. The fourth-order valence-corrected chi connectivity index (χ4v) is 3.34. The Morgan fingerprint density at radius 1 is 1.07 bits per heavy atom. The predicted molar refractivity (Wildman–Crippen MR) is 117 cm³/mol. The summed E-state index contributed by atoms with van der Waals surface area (Å²) in [5.41, 5.74) is 4.67. The van der Waals surface area contributed by atoms with E-state index in [2.05, 4.69) is 31.7 Å². The van der Waals surface area contributed by atoms with Crippen LogP contribution in [-0.4, -0.2) is 28.1 Å². The van der Waals surface area contributed by atoms with Crippen LogP contribution in [0.25, 0.3) is 5.69 Å². The van der Waals surface area contributed by atoms with Crippen molar-refractivity contribution in [1.82, 2.24) is 15.1 Å². The number of nitrogens with one attached hydrogen (secondary N) is 2. The molecule has 0 atom stereocenters. The monoisotopic (exact) mass is 472 g/mol. The molecule has 8 heteroatoms. The zero-order valence-corrected chi connectivity index (χ0v) is 18.5. The van der Waals surface area contributed by atoms with Crippen molar-refractivity contribution in [3.05, 3.63) is 75.3 Å². The number of benzene rings is 2. The molecule has 0 aliphatic carbocycles. The first kappa shape index (κ1) is 21.7. The quantitative estimate of drug-likeness (QED) is 0.569. The molecule has 3 rings (SSSR count). The van der Waals surface area contributed by atoms with Crippen molar-refractivity contribution >= 4 is 33.4 Å². The van der Waals surface area contributed by atoms with Gasteiger partial charge in [-0.15, -0.1) is 0 Å². The lowest BCUT2D eigenvalue weighted by Crippen LogP contribution is -2.34. The van der Waals surface area contributed by atoms with E-state index < -0.39 is 0 Å². The highest BCUT2D eigenvalue weighted by molar-refractivity contribution is 9.10. The number of halogens is 2. The van der Waals surface area contributed by atoms with Gasteiger partial charge in [0.05, 0.1) is 24.3 Å². The fourth-order valence-electron chi connectivity index (χ4n) is 3.09. The van der Waals surface area contributed by atoms with Crippen LogP contribution in [0.4, 0.5) is 10.1 Å². The van der Waals surface area contributed by atoms with Crippen molar-refractivity contribution < 1.29 is 14.0 Å². The number of amides is 2. The summed E-state index contributed by atoms with van der Waals surface area (Å²) in [4.78, 5) is 24.5. The van der Waals surface area contributed by atoms with Gasteiger partial charge in [0.1, 0.15) is 5.82 Å². The molecule has 2 amide bonds. The van der Waals surface area contributed by atoms with E-state index in [-0.39, 0.29) is 30.6 Å². The highest BCUT2D eigenvalue weighted by Gasteiger charge is 2.16. The SMILES string of the molecule is Cc1cc(NC(=O)CNC(=O)Cc2c(C)nn(-c3ccc(F)cc3)c2C)ccc1Br. The first-order valence-electron chi connectivity index (χ1n) is 9.38. The molecule has 0 fully saturated rings. The predicted octanol–water partition coefficient (Wildman–Crippen LogP) is 4.00. The van der Waals surface area contributed by atoms with Gasteiger partial charge >= 0.3 is 0 Å². The molecule has 0 aliphatic heterocycles. The summed E-state index contributed by atoms with van der Waals surface area (Å²) in [6, 6.07) is 11.5. The number of aryl methyl sites for hydroxylation is 2. The first-order valence-corrected chi connectivity index (χ1v) is 10.2. The lowest BCUT2D eigenvalue weighted by atomic mass is 10.1. The average Bonchev–Trinajstić information content (AvgIpc) is 2.98. The molecule has 3 aromatic rings. The molecule has 0 aliphatic rings. The van der Waals surface area contributed by atoms with Crippen molar-refractivity contribution in [3.8, 4) is 5.69 Å². The average molecular weight is 473 g/mol. The van der Waals surface area contributed by atoms with Gasteiger partial charge in [0.2, 0.25) is 11.8 Å². The molecule has 0 saturated heterocycles. The van der Waals surface area contributed by atoms with E-state index in [9.17, 15) is 14.0 Å². The Balaban J connectivity index is 1.60. The molecule has 0 radical (unpaired) electrons. The molecule has 0 unspecified atom stereocenters. The number of nitrogens with zero attached hydrogens (tertiary/aromatic N) is 2. The molecule has 1 aromatic heterocycles. The Kier molecular flexibility index (Phi) is 6.66. The van der Waals surface area contributed by atoms with Crippen LogP contribution in [0, 0.1) is 26.6 Å². The summed E-state index contributed by atoms with van der Waals surface area (Å²) < 4.78 is 15.8. The number of hydrogen-bond acceptors (Lipinski definition) is 3. The number of hydrogen-bond donors (Lipinski definition) is 2. The maximum Gasteiger partial charge on any atom is 0.243 e. The van der Waals surface area contributed by atoms with Crippen LogP contribution in [0.15, 0.2) is 46.9 Å². The van der Waals surface area contributed by atoms with Crippen molar-refractivity contribution in [2.75, 3.05) is 11.9 Å². The van der Waals surface area contributed by atoms with Gasteiger partial charge < -0.3 is 10.6 Å². The molecule has 2 aromatic carbocycles. The second-order valence-electron chi connectivity index (χ2n) is 7.00. The summed E-state index contributed by atoms with van der Waals surface area (Å²) in [5, 5.41) is 9.86. The topological polar surface area (TPSA) is 76.0 Å². The Labute approximate surface area is 182 Å². The van der Waals surface area contributed by atoms with Gasteiger partial charge in [-0.1, -0.05) is 15.9 Å². The van der Waals surface area contributed by atoms with E-state index in [0.29, 0.717) is 17.1 Å². The van der Waals surface area contributed by atoms with Crippen LogP contribution in [0.3, 0.4) is 0 Å². The first-order chi connectivity index (χ1) is 14.2. The lowest BCUT2D eigenvalue weighted by molar-refractivity contribution is -0.123. The van der Waals surface area contributed by atoms with Crippen LogP contribution in [0.5, 0.6) is 0 Å². The standard InChI is InChI=1S/C22H22BrFN4O2/c1-13-10-17(6-9-20(13)23)26-22(30)12-25-21(29)11-19-14(2)27-28(15(19)3)18-7-4-16(24)5-8-18/h4-10H,11-12H2,1-3H3,(H,25,29)(H,26,30). The van der Waals surface area contributed by atoms with Gasteiger partial charge in [-0.25, -0.2) is 9.07 Å². The third-order valence-corrected chi connectivity index (χ3v) is 5.63. The summed E-state index contributed by atoms with van der Waals surface area (Å²) in [5.74, 6) is -0.904. The minimum atomic E-state index is -0.323. The van der Waals surface area contributed by atoms with Gasteiger partial charge in [-0.2, -0.15) is 5.10 Å². The minimum Gasteiger partial charge on any atom is -0.347 e. The van der Waals surface area contributed by atoms with E-state index in [0.717, 1.165) is 21.3 Å². The smallest absolute Gasteiger partial charge is 0.243 e. The molecule has 2 N–H and O–H groups in total. The maximum absolute atomic E-state index is 13.2. The van der Waals surface area contributed by atoms with Gasteiger partial charge in [0.25, 0.3) is 0 Å². The molecule has 1 heterocycles. The molecule has 0 bridgehead atoms. The van der Waals surface area contributed by atoms with Crippen molar-refractivity contribution in [3.63, 3.8) is 0 Å². The van der Waals surface area contributed by atoms with Crippen LogP contribution >= 0.6 is 15.9 Å². The van der Waals surface area contributed by atoms with Gasteiger partial charge in [-0.3, -0.25) is 9.59 Å². The van der Waals surface area contributed by atoms with E-state index in [1.807, 2.05) is 32.9 Å². The molecule has 0 spiro atoms. The minimum absolute atomic E-state index is 0.101. The summed E-state index contributed by atoms with van der Waals surface area (Å²) in [6.07, 6.45) is 0.101. The Hall–Kier alpha value is -3.00. The number of carbonyl (C=O) groups excluding carboxylic acids is 2. The Morgan fingerprint density at radius 2 is 1.77 bits per heavy atom. The van der Waals surface area contributed by atoms with Crippen LogP contribution < -0.4 is 10.6 Å². The zero-order chi connectivity index (χ0) is 21.8. The number of rotatable bonds is 6. The zero-order valence-electron chi connectivity index (χ0n) is 16.9. The molecular weight excluding hydrogens is 451 g/mol. The lowest BCUT2D eigenvalue weighted by Gasteiger charge is -2.09. The third-order valence-electron chi connectivity index (χ3n) is 4.74. The highest BCUT2D eigenvalue weighted by Crippen LogP contribution is 2.20. The third kappa shape index (κ3) is 5.13. The Bertz CT molecular complexity index is 1090. The second-order valence-corrected chi connectivity index (χ2v) is 7.86. The van der Waals surface area contributed by atoms with E-state index in [1.165, 1.54) is 12.1 Å². The highest BCUT2D eigenvalue weighted by atomic mass is 79.9. The molecule has 0 saturated carbocycles. The Morgan fingerprint density at radius 3 is 2.43 bits per heavy atom. The molecule has 6 nitrogen and oxygen atoms in total. The molecular formula is C22H22BrFN4O2. The second kappa shape index (κ2) is 9.21. The van der Waals surface area contributed by atoms with Crippen molar-refractivity contribution in [2.45, 2.75) is 27.2 Å². The summed E-state index contributed by atoms with van der Waals surface area (Å²) in [6.45, 7) is 5.48. The molecule has 30 heavy (non-hydrogen) atoms. The summed E-state index contributed by atoms with van der Waals surface area (Å²) in [7, 11) is 0. The molecule has 156 valence electrons. The van der Waals surface area contributed by atoms with Crippen molar-refractivity contribution in [1.29, 1.82) is 0 Å². The van der Waals surface area contributed by atoms with Crippen LogP contribution in [-0.2, 0) is 16.0 Å². The van der Waals surface area contributed by atoms with Crippen LogP contribution in [0.2, 0.25) is 0 Å².